The maximum absolute atomic E-state index is 12.9. The van der Waals surface area contributed by atoms with Crippen LogP contribution >= 0.6 is 0 Å². The summed E-state index contributed by atoms with van der Waals surface area (Å²) in [6.07, 6.45) is 9.73. The van der Waals surface area contributed by atoms with Crippen molar-refractivity contribution in [2.45, 2.75) is 64.0 Å². The Hall–Kier alpha value is -2.71. The standard InChI is InChI=1S/C21H28N6O3/c1-14-3-17(25(2)24-14)10-22-19(28)9-20-5-15-4-16(6-20)8-21(7-15,13-20)26-12-18(11-23-26)27(29)30/h3,11-12,15-16H,4-10,13H2,1-2H3,(H,22,28). The highest BCUT2D eigenvalue weighted by molar-refractivity contribution is 5.76. The maximum atomic E-state index is 12.9. The number of hydrogen-bond donors (Lipinski definition) is 1. The molecule has 0 saturated heterocycles. The summed E-state index contributed by atoms with van der Waals surface area (Å²) in [4.78, 5) is 23.7. The molecule has 1 amide bonds. The average molecular weight is 412 g/mol. The van der Waals surface area contributed by atoms with E-state index in [2.05, 4.69) is 15.5 Å². The van der Waals surface area contributed by atoms with Crippen molar-refractivity contribution < 1.29 is 9.72 Å². The highest BCUT2D eigenvalue weighted by Crippen LogP contribution is 2.65. The van der Waals surface area contributed by atoms with Crippen LogP contribution in [0.5, 0.6) is 0 Å². The summed E-state index contributed by atoms with van der Waals surface area (Å²) in [6.45, 7) is 2.43. The Labute approximate surface area is 175 Å². The molecule has 0 spiro atoms. The molecule has 2 aromatic rings. The van der Waals surface area contributed by atoms with Crippen LogP contribution in [-0.2, 0) is 23.9 Å². The van der Waals surface area contributed by atoms with Crippen LogP contribution < -0.4 is 5.32 Å². The number of amides is 1. The Bertz CT molecular complexity index is 994. The summed E-state index contributed by atoms with van der Waals surface area (Å²) < 4.78 is 3.66. The summed E-state index contributed by atoms with van der Waals surface area (Å²) in [5, 5.41) is 23.0. The van der Waals surface area contributed by atoms with Crippen molar-refractivity contribution in [3.63, 3.8) is 0 Å². The molecule has 4 fully saturated rings. The Balaban J connectivity index is 1.33. The fourth-order valence-electron chi connectivity index (χ4n) is 6.97. The molecule has 9 nitrogen and oxygen atoms in total. The van der Waals surface area contributed by atoms with Crippen LogP contribution in [0.15, 0.2) is 18.5 Å². The van der Waals surface area contributed by atoms with Gasteiger partial charge in [0.25, 0.3) is 0 Å². The van der Waals surface area contributed by atoms with Crippen molar-refractivity contribution in [3.8, 4) is 0 Å². The molecule has 2 aromatic heterocycles. The first-order valence-electron chi connectivity index (χ1n) is 10.7. The molecule has 2 unspecified atom stereocenters. The van der Waals surface area contributed by atoms with E-state index in [1.54, 1.807) is 10.9 Å². The fourth-order valence-corrected chi connectivity index (χ4v) is 6.97. The number of nitro groups is 1. The molecule has 9 heteroatoms. The molecule has 4 bridgehead atoms. The Morgan fingerprint density at radius 3 is 2.67 bits per heavy atom. The smallest absolute Gasteiger partial charge is 0.307 e. The Morgan fingerprint density at radius 1 is 1.33 bits per heavy atom. The summed E-state index contributed by atoms with van der Waals surface area (Å²) in [7, 11) is 1.89. The molecular formula is C21H28N6O3. The molecular weight excluding hydrogens is 384 g/mol. The molecule has 160 valence electrons. The molecule has 0 radical (unpaired) electrons. The quantitative estimate of drug-likeness (QED) is 0.580. The first kappa shape index (κ1) is 19.3. The third-order valence-corrected chi connectivity index (χ3v) is 7.52. The second-order valence-electron chi connectivity index (χ2n) is 9.94. The molecule has 1 N–H and O–H groups in total. The highest BCUT2D eigenvalue weighted by atomic mass is 16.6. The van der Waals surface area contributed by atoms with Gasteiger partial charge in [0, 0.05) is 13.5 Å². The second kappa shape index (κ2) is 6.65. The summed E-state index contributed by atoms with van der Waals surface area (Å²) in [5.41, 5.74) is 1.77. The normalized spacial score (nSPS) is 31.8. The van der Waals surface area contributed by atoms with E-state index in [4.69, 9.17) is 0 Å². The first-order chi connectivity index (χ1) is 14.3. The van der Waals surface area contributed by atoms with Gasteiger partial charge in [-0.1, -0.05) is 0 Å². The van der Waals surface area contributed by atoms with E-state index >= 15 is 0 Å². The number of nitrogens with zero attached hydrogens (tertiary/aromatic N) is 5. The largest absolute Gasteiger partial charge is 0.350 e. The van der Waals surface area contributed by atoms with Gasteiger partial charge in [-0.05, 0) is 68.8 Å². The first-order valence-corrected chi connectivity index (χ1v) is 10.7. The van der Waals surface area contributed by atoms with Crippen LogP contribution in [0.3, 0.4) is 0 Å². The molecule has 0 aromatic carbocycles. The lowest BCUT2D eigenvalue weighted by Gasteiger charge is -2.61. The van der Waals surface area contributed by atoms with Crippen LogP contribution in [0.4, 0.5) is 5.69 Å². The molecule has 2 heterocycles. The number of aryl methyl sites for hydroxylation is 2. The van der Waals surface area contributed by atoms with Crippen LogP contribution in [0, 0.1) is 34.3 Å². The van der Waals surface area contributed by atoms with Crippen LogP contribution in [0.25, 0.3) is 0 Å². The molecule has 2 atom stereocenters. The van der Waals surface area contributed by atoms with Gasteiger partial charge in [-0.25, -0.2) is 0 Å². The second-order valence-corrected chi connectivity index (χ2v) is 9.94. The van der Waals surface area contributed by atoms with E-state index in [-0.39, 0.29) is 27.5 Å². The van der Waals surface area contributed by atoms with Crippen LogP contribution in [0.2, 0.25) is 0 Å². The molecule has 4 aliphatic carbocycles. The highest BCUT2D eigenvalue weighted by Gasteiger charge is 2.59. The van der Waals surface area contributed by atoms with Gasteiger partial charge >= 0.3 is 5.69 Å². The van der Waals surface area contributed by atoms with Gasteiger partial charge in [0.2, 0.25) is 5.91 Å². The predicted octanol–water partition coefficient (Wildman–Crippen LogP) is 2.84. The minimum atomic E-state index is -0.382. The minimum absolute atomic E-state index is 0.0305. The van der Waals surface area contributed by atoms with Crippen molar-refractivity contribution in [2.24, 2.45) is 24.3 Å². The number of aromatic nitrogens is 4. The van der Waals surface area contributed by atoms with Gasteiger partial charge in [-0.15, -0.1) is 0 Å². The number of carbonyl (C=O) groups is 1. The monoisotopic (exact) mass is 412 g/mol. The number of nitrogens with one attached hydrogen (secondary N) is 1. The number of carbonyl (C=O) groups excluding carboxylic acids is 1. The zero-order valence-corrected chi connectivity index (χ0v) is 17.5. The van der Waals surface area contributed by atoms with Crippen LogP contribution in [-0.4, -0.2) is 30.4 Å². The van der Waals surface area contributed by atoms with E-state index in [0.717, 1.165) is 43.5 Å². The van der Waals surface area contributed by atoms with E-state index in [0.29, 0.717) is 24.8 Å². The third kappa shape index (κ3) is 3.20. The van der Waals surface area contributed by atoms with Gasteiger partial charge < -0.3 is 5.32 Å². The summed E-state index contributed by atoms with van der Waals surface area (Å²) in [5.74, 6) is 1.22. The molecule has 30 heavy (non-hydrogen) atoms. The SMILES string of the molecule is Cc1cc(CNC(=O)CC23CC4CC(C2)CC(n2cc([N+](=O)[O-])cn2)(C4)C3)n(C)n1. The number of hydrogen-bond acceptors (Lipinski definition) is 5. The van der Waals surface area contributed by atoms with Crippen LogP contribution in [0.1, 0.15) is 56.3 Å². The van der Waals surface area contributed by atoms with E-state index in [1.807, 2.05) is 24.7 Å². The summed E-state index contributed by atoms with van der Waals surface area (Å²) >= 11 is 0. The maximum Gasteiger partial charge on any atom is 0.307 e. The molecule has 6 rings (SSSR count). The fraction of sp³-hybridized carbons (Fsp3) is 0.667. The van der Waals surface area contributed by atoms with Crippen molar-refractivity contribution in [2.75, 3.05) is 0 Å². The van der Waals surface area contributed by atoms with Crippen molar-refractivity contribution in [1.29, 1.82) is 0 Å². The number of rotatable bonds is 6. The van der Waals surface area contributed by atoms with Crippen molar-refractivity contribution in [1.82, 2.24) is 24.9 Å². The van der Waals surface area contributed by atoms with Gasteiger partial charge in [-0.3, -0.25) is 24.3 Å². The molecule has 0 aliphatic heterocycles. The van der Waals surface area contributed by atoms with Gasteiger partial charge in [0.15, 0.2) is 0 Å². The van der Waals surface area contributed by atoms with Gasteiger partial charge in [0.1, 0.15) is 12.4 Å². The predicted molar refractivity (Wildman–Crippen MR) is 108 cm³/mol. The lowest BCUT2D eigenvalue weighted by atomic mass is 9.46. The van der Waals surface area contributed by atoms with Gasteiger partial charge in [-0.2, -0.15) is 10.2 Å². The zero-order chi connectivity index (χ0) is 21.1. The Morgan fingerprint density at radius 2 is 2.07 bits per heavy atom. The van der Waals surface area contributed by atoms with Crippen molar-refractivity contribution in [3.05, 3.63) is 40.0 Å². The molecule has 4 saturated carbocycles. The van der Waals surface area contributed by atoms with E-state index in [9.17, 15) is 14.9 Å². The topological polar surface area (TPSA) is 108 Å². The molecule has 4 aliphatic rings. The lowest BCUT2D eigenvalue weighted by molar-refractivity contribution is -0.385. The minimum Gasteiger partial charge on any atom is -0.350 e. The summed E-state index contributed by atoms with van der Waals surface area (Å²) in [6, 6.07) is 1.99. The van der Waals surface area contributed by atoms with Gasteiger partial charge in [0.05, 0.1) is 28.4 Å². The third-order valence-electron chi connectivity index (χ3n) is 7.52. The Kier molecular flexibility index (Phi) is 4.27. The van der Waals surface area contributed by atoms with E-state index < -0.39 is 0 Å². The van der Waals surface area contributed by atoms with Crippen molar-refractivity contribution >= 4 is 11.6 Å². The average Bonchev–Trinajstić information content (AvgIpc) is 3.25. The lowest BCUT2D eigenvalue weighted by Crippen LogP contribution is -2.57. The zero-order valence-electron chi connectivity index (χ0n) is 17.5. The van der Waals surface area contributed by atoms with E-state index in [1.165, 1.54) is 12.6 Å².